The Labute approximate surface area is 194 Å². The summed E-state index contributed by atoms with van der Waals surface area (Å²) in [4.78, 5) is 34.6. The summed E-state index contributed by atoms with van der Waals surface area (Å²) in [5, 5.41) is 10.9. The van der Waals surface area contributed by atoms with Gasteiger partial charge in [0, 0.05) is 53.8 Å². The van der Waals surface area contributed by atoms with E-state index in [1.54, 1.807) is 11.3 Å². The maximum atomic E-state index is 12.0. The molecule has 3 heterocycles. The molecular weight excluding hydrogens is 444 g/mol. The van der Waals surface area contributed by atoms with Gasteiger partial charge in [0.15, 0.2) is 10.3 Å². The molecule has 3 aromatic rings. The fraction of sp³-hybridized carbons (Fsp3) is 0.381. The van der Waals surface area contributed by atoms with Gasteiger partial charge in [0.1, 0.15) is 0 Å². The summed E-state index contributed by atoms with van der Waals surface area (Å²) in [7, 11) is 0. The summed E-state index contributed by atoms with van der Waals surface area (Å²) in [5.41, 5.74) is 0.810. The smallest absolute Gasteiger partial charge is 0.234 e. The van der Waals surface area contributed by atoms with Crippen LogP contribution in [0.4, 0.5) is 22.7 Å². The van der Waals surface area contributed by atoms with E-state index in [0.717, 1.165) is 59.6 Å². The van der Waals surface area contributed by atoms with E-state index in [1.807, 2.05) is 37.4 Å². The number of rotatable bonds is 7. The zero-order chi connectivity index (χ0) is 21.9. The van der Waals surface area contributed by atoms with Gasteiger partial charge in [-0.25, -0.2) is 4.98 Å². The zero-order valence-corrected chi connectivity index (χ0v) is 19.3. The number of piperazine rings is 1. The molecule has 5 rings (SSSR count). The molecule has 32 heavy (non-hydrogen) atoms. The molecule has 0 atom stereocenters. The van der Waals surface area contributed by atoms with Crippen molar-refractivity contribution in [2.75, 3.05) is 41.7 Å². The van der Waals surface area contributed by atoms with Crippen LogP contribution in [0.1, 0.15) is 17.7 Å². The summed E-state index contributed by atoms with van der Waals surface area (Å²) >= 11 is 3.03. The van der Waals surface area contributed by atoms with Crippen molar-refractivity contribution in [1.29, 1.82) is 0 Å². The summed E-state index contributed by atoms with van der Waals surface area (Å²) in [6.07, 6.45) is 3.81. The molecule has 9 nitrogen and oxygen atoms in total. The van der Waals surface area contributed by atoms with Crippen LogP contribution in [0.3, 0.4) is 0 Å². The Kier molecular flexibility index (Phi) is 6.19. The second-order valence-corrected chi connectivity index (χ2v) is 10.0. The number of nitrogens with zero attached hydrogens (tertiary/aromatic N) is 5. The molecule has 1 saturated heterocycles. The van der Waals surface area contributed by atoms with Gasteiger partial charge in [-0.15, -0.1) is 11.3 Å². The number of hydrogen-bond donors (Lipinski definition) is 3. The molecule has 3 N–H and O–H groups in total. The average Bonchev–Trinajstić information content (AvgIpc) is 3.58. The standard InChI is InChI=1S/C21H24N8OS2/c1-13-12-23-20(31-13)26-18-25-19(29-10-8-22-9-11-29)28-21(27-18)32-16-6-4-15(5-7-16)24-17(30)14-2-3-14/h4-7,12,14,22H,2-3,8-11H2,1H3,(H,24,30)(H,23,25,26,27,28). The van der Waals surface area contributed by atoms with Crippen molar-refractivity contribution in [3.05, 3.63) is 35.3 Å². The normalized spacial score (nSPS) is 16.1. The maximum absolute atomic E-state index is 12.0. The highest BCUT2D eigenvalue weighted by Gasteiger charge is 2.29. The molecule has 0 unspecified atom stereocenters. The van der Waals surface area contributed by atoms with Crippen LogP contribution in [0.2, 0.25) is 0 Å². The van der Waals surface area contributed by atoms with E-state index in [1.165, 1.54) is 11.8 Å². The Bertz CT molecular complexity index is 1090. The summed E-state index contributed by atoms with van der Waals surface area (Å²) < 4.78 is 0. The molecule has 1 aromatic carbocycles. The zero-order valence-electron chi connectivity index (χ0n) is 17.7. The lowest BCUT2D eigenvalue weighted by molar-refractivity contribution is -0.117. The lowest BCUT2D eigenvalue weighted by atomic mass is 10.3. The third kappa shape index (κ3) is 5.34. The van der Waals surface area contributed by atoms with Crippen LogP contribution in [0.25, 0.3) is 0 Å². The van der Waals surface area contributed by atoms with Gasteiger partial charge < -0.3 is 15.5 Å². The quantitative estimate of drug-likeness (QED) is 0.481. The van der Waals surface area contributed by atoms with Crippen molar-refractivity contribution >= 4 is 51.7 Å². The topological polar surface area (TPSA) is 108 Å². The van der Waals surface area contributed by atoms with Crippen molar-refractivity contribution in [2.24, 2.45) is 5.92 Å². The van der Waals surface area contributed by atoms with Gasteiger partial charge in [0.2, 0.25) is 17.8 Å². The summed E-state index contributed by atoms with van der Waals surface area (Å²) in [6, 6.07) is 7.77. The minimum atomic E-state index is 0.108. The van der Waals surface area contributed by atoms with E-state index in [4.69, 9.17) is 4.98 Å². The van der Waals surface area contributed by atoms with Crippen molar-refractivity contribution in [3.8, 4) is 0 Å². The first-order valence-corrected chi connectivity index (χ1v) is 12.3. The van der Waals surface area contributed by atoms with E-state index < -0.39 is 0 Å². The lowest BCUT2D eigenvalue weighted by Crippen LogP contribution is -2.44. The van der Waals surface area contributed by atoms with Crippen LogP contribution in [-0.2, 0) is 4.79 Å². The fourth-order valence-electron chi connectivity index (χ4n) is 3.26. The molecule has 0 spiro atoms. The predicted octanol–water partition coefficient (Wildman–Crippen LogP) is 3.29. The number of hydrogen-bond acceptors (Lipinski definition) is 10. The molecule has 2 aromatic heterocycles. The largest absolute Gasteiger partial charge is 0.338 e. The van der Waals surface area contributed by atoms with Crippen molar-refractivity contribution in [2.45, 2.75) is 29.8 Å². The Morgan fingerprint density at radius 2 is 1.94 bits per heavy atom. The molecule has 1 saturated carbocycles. The van der Waals surface area contributed by atoms with Gasteiger partial charge in [0.25, 0.3) is 0 Å². The van der Waals surface area contributed by atoms with E-state index in [9.17, 15) is 4.79 Å². The molecule has 166 valence electrons. The van der Waals surface area contributed by atoms with Gasteiger partial charge in [0.05, 0.1) is 0 Å². The van der Waals surface area contributed by atoms with Gasteiger partial charge in [-0.3, -0.25) is 10.1 Å². The number of anilines is 4. The first-order valence-electron chi connectivity index (χ1n) is 10.6. The van der Waals surface area contributed by atoms with E-state index in [2.05, 4.69) is 35.8 Å². The predicted molar refractivity (Wildman–Crippen MR) is 127 cm³/mol. The van der Waals surface area contributed by atoms with Gasteiger partial charge in [-0.1, -0.05) is 0 Å². The molecule has 1 aliphatic carbocycles. The highest BCUT2D eigenvalue weighted by Crippen LogP contribution is 2.32. The number of aromatic nitrogens is 4. The van der Waals surface area contributed by atoms with E-state index in [-0.39, 0.29) is 11.8 Å². The average molecular weight is 469 g/mol. The number of aryl methyl sites for hydroxylation is 1. The monoisotopic (exact) mass is 468 g/mol. The number of amides is 1. The molecule has 11 heteroatoms. The Balaban J connectivity index is 1.35. The van der Waals surface area contributed by atoms with Crippen molar-refractivity contribution in [1.82, 2.24) is 25.3 Å². The molecular formula is C21H24N8OS2. The van der Waals surface area contributed by atoms with Gasteiger partial charge in [-0.2, -0.15) is 15.0 Å². The number of benzene rings is 1. The van der Waals surface area contributed by atoms with Crippen LogP contribution in [0, 0.1) is 12.8 Å². The lowest BCUT2D eigenvalue weighted by Gasteiger charge is -2.27. The SMILES string of the molecule is Cc1cnc(Nc2nc(Sc3ccc(NC(=O)C4CC4)cc3)nc(N3CCNCC3)n2)s1. The number of thiazole rings is 1. The number of nitrogens with one attached hydrogen (secondary N) is 3. The summed E-state index contributed by atoms with van der Waals surface area (Å²) in [6.45, 7) is 5.51. The third-order valence-electron chi connectivity index (χ3n) is 5.12. The fourth-order valence-corrected chi connectivity index (χ4v) is 4.66. The molecule has 0 radical (unpaired) electrons. The van der Waals surface area contributed by atoms with Crippen molar-refractivity contribution in [3.63, 3.8) is 0 Å². The Morgan fingerprint density at radius 3 is 2.62 bits per heavy atom. The first kappa shape index (κ1) is 21.1. The van der Waals surface area contributed by atoms with Crippen LogP contribution < -0.4 is 20.9 Å². The van der Waals surface area contributed by atoms with Crippen molar-refractivity contribution < 1.29 is 4.79 Å². The van der Waals surface area contributed by atoms with Gasteiger partial charge in [-0.05, 0) is 55.8 Å². The molecule has 2 fully saturated rings. The Morgan fingerprint density at radius 1 is 1.16 bits per heavy atom. The number of carbonyl (C=O) groups is 1. The minimum Gasteiger partial charge on any atom is -0.338 e. The molecule has 0 bridgehead atoms. The molecule has 1 aliphatic heterocycles. The second-order valence-electron chi connectivity index (χ2n) is 7.77. The Hall–Kier alpha value is -2.76. The van der Waals surface area contributed by atoms with Crippen LogP contribution in [-0.4, -0.2) is 52.0 Å². The molecule has 1 amide bonds. The van der Waals surface area contributed by atoms with E-state index >= 15 is 0 Å². The third-order valence-corrected chi connectivity index (χ3v) is 6.82. The second kappa shape index (κ2) is 9.39. The first-order chi connectivity index (χ1) is 15.6. The maximum Gasteiger partial charge on any atom is 0.234 e. The minimum absolute atomic E-state index is 0.108. The van der Waals surface area contributed by atoms with Crippen LogP contribution in [0.5, 0.6) is 0 Å². The number of carbonyl (C=O) groups excluding carboxylic acids is 1. The van der Waals surface area contributed by atoms with Crippen LogP contribution in [0.15, 0.2) is 40.5 Å². The van der Waals surface area contributed by atoms with E-state index in [0.29, 0.717) is 17.1 Å². The highest BCUT2D eigenvalue weighted by molar-refractivity contribution is 7.99. The highest BCUT2D eigenvalue weighted by atomic mass is 32.2. The van der Waals surface area contributed by atoms with Crippen LogP contribution >= 0.6 is 23.1 Å². The van der Waals surface area contributed by atoms with Gasteiger partial charge >= 0.3 is 0 Å². The summed E-state index contributed by atoms with van der Waals surface area (Å²) in [5.74, 6) is 1.44. The molecule has 2 aliphatic rings.